The Morgan fingerprint density at radius 2 is 1.90 bits per heavy atom. The Balaban J connectivity index is 1.53. The second kappa shape index (κ2) is 11.1. The lowest BCUT2D eigenvalue weighted by atomic mass is 9.99. The van der Waals surface area contributed by atoms with E-state index in [9.17, 15) is 4.79 Å². The maximum Gasteiger partial charge on any atom is 0.253 e. The van der Waals surface area contributed by atoms with Crippen molar-refractivity contribution in [1.29, 1.82) is 0 Å². The van der Waals surface area contributed by atoms with Gasteiger partial charge < -0.3 is 14.1 Å². The number of pyridine rings is 1. The molecule has 1 fully saturated rings. The van der Waals surface area contributed by atoms with Gasteiger partial charge in [-0.15, -0.1) is 5.10 Å². The fraction of sp³-hybridized carbons (Fsp3) is 0.355. The zero-order chi connectivity index (χ0) is 27.6. The van der Waals surface area contributed by atoms with E-state index in [1.807, 2.05) is 54.1 Å². The molecule has 1 saturated carbocycles. The number of ether oxygens (including phenoxy) is 1. The van der Waals surface area contributed by atoms with Crippen molar-refractivity contribution in [3.8, 4) is 5.75 Å². The smallest absolute Gasteiger partial charge is 0.253 e. The highest BCUT2D eigenvalue weighted by molar-refractivity contribution is 5.83. The van der Waals surface area contributed by atoms with Gasteiger partial charge in [-0.1, -0.05) is 37.1 Å². The van der Waals surface area contributed by atoms with E-state index in [-0.39, 0.29) is 11.6 Å². The average molecular weight is 539 g/mol. The number of nitrogens with one attached hydrogen (secondary N) is 1. The van der Waals surface area contributed by atoms with E-state index in [1.54, 1.807) is 13.4 Å². The summed E-state index contributed by atoms with van der Waals surface area (Å²) in [6, 6.07) is 17.7. The summed E-state index contributed by atoms with van der Waals surface area (Å²) >= 11 is 0. The maximum atomic E-state index is 13.9. The van der Waals surface area contributed by atoms with Crippen molar-refractivity contribution in [2.75, 3.05) is 7.11 Å². The van der Waals surface area contributed by atoms with Crippen LogP contribution >= 0.6 is 0 Å². The van der Waals surface area contributed by atoms with Gasteiger partial charge in [0.05, 0.1) is 31.5 Å². The number of rotatable bonds is 9. The van der Waals surface area contributed by atoms with Gasteiger partial charge in [-0.05, 0) is 89.5 Å². The number of aromatic amines is 1. The van der Waals surface area contributed by atoms with E-state index < -0.39 is 6.04 Å². The molecule has 0 radical (unpaired) electrons. The lowest BCUT2D eigenvalue weighted by Gasteiger charge is -2.31. The number of tetrazole rings is 1. The van der Waals surface area contributed by atoms with Crippen molar-refractivity contribution in [2.45, 2.75) is 64.7 Å². The van der Waals surface area contributed by atoms with Crippen LogP contribution in [-0.4, -0.2) is 37.2 Å². The summed E-state index contributed by atoms with van der Waals surface area (Å²) in [5, 5.41) is 14.1. The third-order valence-electron chi connectivity index (χ3n) is 8.16. The molecule has 2 aromatic carbocycles. The summed E-state index contributed by atoms with van der Waals surface area (Å²) in [6.45, 7) is 5.10. The molecule has 6 rings (SSSR count). The monoisotopic (exact) mass is 538 g/mol. The third-order valence-corrected chi connectivity index (χ3v) is 8.16. The van der Waals surface area contributed by atoms with Crippen LogP contribution in [0, 0.1) is 13.8 Å². The van der Waals surface area contributed by atoms with Crippen LogP contribution in [0.4, 0.5) is 0 Å². The predicted molar refractivity (Wildman–Crippen MR) is 152 cm³/mol. The Bertz CT molecular complexity index is 1650. The van der Waals surface area contributed by atoms with Crippen LogP contribution in [0.2, 0.25) is 0 Å². The fourth-order valence-electron chi connectivity index (χ4n) is 5.84. The van der Waals surface area contributed by atoms with Crippen molar-refractivity contribution in [3.63, 3.8) is 0 Å². The molecule has 0 spiro atoms. The minimum Gasteiger partial charge on any atom is -0.497 e. The van der Waals surface area contributed by atoms with E-state index in [0.717, 1.165) is 64.8 Å². The molecule has 3 aromatic heterocycles. The number of furan rings is 1. The van der Waals surface area contributed by atoms with Gasteiger partial charge in [0, 0.05) is 12.1 Å². The average Bonchev–Trinajstić information content (AvgIpc) is 3.76. The first-order valence-corrected chi connectivity index (χ1v) is 13.8. The van der Waals surface area contributed by atoms with Crippen LogP contribution in [0.3, 0.4) is 0 Å². The highest BCUT2D eigenvalue weighted by Gasteiger charge is 2.34. The normalized spacial score (nSPS) is 14.8. The van der Waals surface area contributed by atoms with Crippen molar-refractivity contribution >= 4 is 10.9 Å². The lowest BCUT2D eigenvalue weighted by molar-refractivity contribution is 0.176. The molecule has 0 saturated heterocycles. The Kier molecular flexibility index (Phi) is 7.21. The number of fused-ring (bicyclic) bond motifs is 1. The van der Waals surface area contributed by atoms with E-state index in [1.165, 1.54) is 0 Å². The Hall–Kier alpha value is -4.24. The molecule has 1 N–H and O–H groups in total. The number of nitrogens with zero attached hydrogens (tertiary/aromatic N) is 5. The molecule has 1 atom stereocenters. The minimum atomic E-state index is -0.516. The Morgan fingerprint density at radius 3 is 2.62 bits per heavy atom. The first-order valence-electron chi connectivity index (χ1n) is 13.8. The third kappa shape index (κ3) is 5.04. The summed E-state index contributed by atoms with van der Waals surface area (Å²) in [5.74, 6) is 2.25. The zero-order valence-corrected chi connectivity index (χ0v) is 23.1. The molecule has 0 bridgehead atoms. The first kappa shape index (κ1) is 26.0. The van der Waals surface area contributed by atoms with Gasteiger partial charge in [0.15, 0.2) is 5.82 Å². The lowest BCUT2D eigenvalue weighted by Crippen LogP contribution is -2.35. The maximum absolute atomic E-state index is 13.9. The quantitative estimate of drug-likeness (QED) is 0.259. The molecular weight excluding hydrogens is 504 g/mol. The predicted octanol–water partition coefficient (Wildman–Crippen LogP) is 5.64. The van der Waals surface area contributed by atoms with Gasteiger partial charge in [-0.3, -0.25) is 9.69 Å². The molecule has 40 heavy (non-hydrogen) atoms. The summed E-state index contributed by atoms with van der Waals surface area (Å²) in [6.07, 6.45) is 6.01. The van der Waals surface area contributed by atoms with Gasteiger partial charge in [-0.2, -0.15) is 0 Å². The molecule has 0 unspecified atom stereocenters. The second-order valence-corrected chi connectivity index (χ2v) is 10.7. The van der Waals surface area contributed by atoms with Crippen molar-refractivity contribution in [1.82, 2.24) is 30.1 Å². The number of hydrogen-bond donors (Lipinski definition) is 1. The van der Waals surface area contributed by atoms with Crippen LogP contribution in [0.25, 0.3) is 10.9 Å². The van der Waals surface area contributed by atoms with Crippen LogP contribution < -0.4 is 10.3 Å². The standard InChI is InChI=1S/C31H34N6O3/c1-20-10-13-23-17-27(31(38)32-28(23)21(20)2)29(30-33-34-35-37(30)24-7-4-5-8-24)36(19-26-9-6-16-40-26)18-22-11-14-25(39-3)15-12-22/h6,9-17,24,29H,4-5,7-8,18-19H2,1-3H3,(H,32,38)/t29-/m0/s1. The van der Waals surface area contributed by atoms with E-state index >= 15 is 0 Å². The molecule has 9 heteroatoms. The second-order valence-electron chi connectivity index (χ2n) is 10.7. The van der Waals surface area contributed by atoms with Gasteiger partial charge in [0.2, 0.25) is 0 Å². The summed E-state index contributed by atoms with van der Waals surface area (Å²) < 4.78 is 13.1. The van der Waals surface area contributed by atoms with Crippen molar-refractivity contribution < 1.29 is 9.15 Å². The highest BCUT2D eigenvalue weighted by atomic mass is 16.5. The van der Waals surface area contributed by atoms with Crippen LogP contribution in [0.15, 0.2) is 70.1 Å². The molecule has 1 aliphatic carbocycles. The topological polar surface area (TPSA) is 102 Å². The summed E-state index contributed by atoms with van der Waals surface area (Å²) in [7, 11) is 1.66. The van der Waals surface area contributed by atoms with Crippen molar-refractivity contribution in [2.24, 2.45) is 0 Å². The number of benzene rings is 2. The molecular formula is C31H34N6O3. The highest BCUT2D eigenvalue weighted by Crippen LogP contribution is 2.35. The van der Waals surface area contributed by atoms with Gasteiger partial charge in [0.1, 0.15) is 17.6 Å². The van der Waals surface area contributed by atoms with Gasteiger partial charge in [-0.25, -0.2) is 4.68 Å². The molecule has 0 amide bonds. The molecule has 5 aromatic rings. The fourth-order valence-corrected chi connectivity index (χ4v) is 5.84. The molecule has 0 aliphatic heterocycles. The largest absolute Gasteiger partial charge is 0.497 e. The van der Waals surface area contributed by atoms with Crippen LogP contribution in [0.5, 0.6) is 5.75 Å². The summed E-state index contributed by atoms with van der Waals surface area (Å²) in [5.41, 5.74) is 4.59. The van der Waals surface area contributed by atoms with E-state index in [2.05, 4.69) is 44.5 Å². The zero-order valence-electron chi connectivity index (χ0n) is 23.1. The number of hydrogen-bond acceptors (Lipinski definition) is 7. The SMILES string of the molecule is COc1ccc(CN(Cc2ccco2)[C@@H](c2cc3ccc(C)c(C)c3[nH]c2=O)c2nnnn2C2CCCC2)cc1. The number of H-pyrrole nitrogens is 1. The Labute approximate surface area is 232 Å². The molecule has 206 valence electrons. The minimum absolute atomic E-state index is 0.147. The van der Waals surface area contributed by atoms with Gasteiger partial charge >= 0.3 is 0 Å². The Morgan fingerprint density at radius 1 is 1.10 bits per heavy atom. The van der Waals surface area contributed by atoms with E-state index in [0.29, 0.717) is 24.5 Å². The number of aromatic nitrogens is 5. The molecule has 9 nitrogen and oxygen atoms in total. The van der Waals surface area contributed by atoms with Crippen LogP contribution in [-0.2, 0) is 13.1 Å². The summed E-state index contributed by atoms with van der Waals surface area (Å²) in [4.78, 5) is 19.3. The van der Waals surface area contributed by atoms with Crippen LogP contribution in [0.1, 0.15) is 71.6 Å². The number of methoxy groups -OCH3 is 1. The van der Waals surface area contributed by atoms with Crippen molar-refractivity contribution in [3.05, 3.63) is 105 Å². The molecule has 3 heterocycles. The van der Waals surface area contributed by atoms with E-state index in [4.69, 9.17) is 9.15 Å². The first-order chi connectivity index (χ1) is 19.5. The van der Waals surface area contributed by atoms with Gasteiger partial charge in [0.25, 0.3) is 5.56 Å². The molecule has 1 aliphatic rings. The number of aryl methyl sites for hydroxylation is 2.